The third-order valence-electron chi connectivity index (χ3n) is 4.08. The maximum atomic E-state index is 10.1. The molecule has 0 aliphatic rings. The molecule has 0 aromatic rings. The van der Waals surface area contributed by atoms with Gasteiger partial charge < -0.3 is 10.2 Å². The van der Waals surface area contributed by atoms with Crippen LogP contribution in [-0.2, 0) is 0 Å². The van der Waals surface area contributed by atoms with Crippen LogP contribution in [0.3, 0.4) is 0 Å². The zero-order valence-corrected chi connectivity index (χ0v) is 13.4. The van der Waals surface area contributed by atoms with E-state index >= 15 is 0 Å². The van der Waals surface area contributed by atoms with E-state index in [2.05, 4.69) is 13.8 Å². The molecule has 0 aliphatic carbocycles. The van der Waals surface area contributed by atoms with Crippen LogP contribution in [0.15, 0.2) is 0 Å². The third-order valence-corrected chi connectivity index (χ3v) is 4.08. The molecule has 0 rings (SSSR count). The van der Waals surface area contributed by atoms with E-state index in [0.29, 0.717) is 5.92 Å². The summed E-state index contributed by atoms with van der Waals surface area (Å²) in [4.78, 5) is 0. The minimum absolute atomic E-state index is 0.164. The molecular formula is C17H36O2. The molecule has 0 saturated heterocycles. The van der Waals surface area contributed by atoms with Crippen LogP contribution in [0.1, 0.15) is 91.4 Å². The van der Waals surface area contributed by atoms with Crippen LogP contribution in [0.4, 0.5) is 0 Å². The molecule has 2 nitrogen and oxygen atoms in total. The summed E-state index contributed by atoms with van der Waals surface area (Å²) in [6.45, 7) is 6.48. The summed E-state index contributed by atoms with van der Waals surface area (Å²) < 4.78 is 0. The minimum atomic E-state index is -0.178. The number of aliphatic hydroxyl groups excluding tert-OH is 2. The molecule has 0 bridgehead atoms. The predicted molar refractivity (Wildman–Crippen MR) is 83.3 cm³/mol. The summed E-state index contributed by atoms with van der Waals surface area (Å²) in [5.41, 5.74) is 0. The van der Waals surface area contributed by atoms with Gasteiger partial charge in [0.15, 0.2) is 0 Å². The molecule has 2 atom stereocenters. The highest BCUT2D eigenvalue weighted by molar-refractivity contribution is 4.67. The van der Waals surface area contributed by atoms with E-state index in [1.807, 2.05) is 6.92 Å². The van der Waals surface area contributed by atoms with Crippen molar-refractivity contribution in [2.45, 2.75) is 104 Å². The molecule has 0 radical (unpaired) electrons. The van der Waals surface area contributed by atoms with Crippen molar-refractivity contribution in [3.63, 3.8) is 0 Å². The Balaban J connectivity index is 3.83. The van der Waals surface area contributed by atoms with Gasteiger partial charge in [-0.3, -0.25) is 0 Å². The molecule has 0 aliphatic heterocycles. The van der Waals surface area contributed by atoms with Crippen molar-refractivity contribution in [3.8, 4) is 0 Å². The quantitative estimate of drug-likeness (QED) is 0.511. The zero-order chi connectivity index (χ0) is 14.5. The lowest BCUT2D eigenvalue weighted by molar-refractivity contribution is 0.110. The fraction of sp³-hybridized carbons (Fsp3) is 1.00. The second-order valence-electron chi connectivity index (χ2n) is 6.03. The Labute approximate surface area is 120 Å². The minimum Gasteiger partial charge on any atom is -0.393 e. The van der Waals surface area contributed by atoms with Crippen LogP contribution >= 0.6 is 0 Å². The molecule has 19 heavy (non-hydrogen) atoms. The smallest absolute Gasteiger partial charge is 0.0543 e. The average Bonchev–Trinajstić information content (AvgIpc) is 2.41. The Bertz CT molecular complexity index is 174. The molecule has 0 spiro atoms. The number of aliphatic hydroxyl groups is 2. The molecule has 0 amide bonds. The monoisotopic (exact) mass is 272 g/mol. The van der Waals surface area contributed by atoms with Gasteiger partial charge in [0.1, 0.15) is 0 Å². The molecule has 0 saturated carbocycles. The van der Waals surface area contributed by atoms with Crippen LogP contribution in [0, 0.1) is 5.92 Å². The van der Waals surface area contributed by atoms with Crippen LogP contribution in [0.5, 0.6) is 0 Å². The topological polar surface area (TPSA) is 40.5 Å². The van der Waals surface area contributed by atoms with Gasteiger partial charge >= 0.3 is 0 Å². The lowest BCUT2D eigenvalue weighted by Gasteiger charge is -2.20. The Hall–Kier alpha value is -0.0800. The van der Waals surface area contributed by atoms with E-state index in [4.69, 9.17) is 0 Å². The van der Waals surface area contributed by atoms with Crippen LogP contribution < -0.4 is 0 Å². The summed E-state index contributed by atoms with van der Waals surface area (Å²) in [5.74, 6) is 0.700. The van der Waals surface area contributed by atoms with Gasteiger partial charge in [0.2, 0.25) is 0 Å². The average molecular weight is 272 g/mol. The van der Waals surface area contributed by atoms with Gasteiger partial charge in [-0.2, -0.15) is 0 Å². The molecule has 0 fully saturated rings. The van der Waals surface area contributed by atoms with Gasteiger partial charge in [0.05, 0.1) is 12.2 Å². The van der Waals surface area contributed by atoms with Crippen molar-refractivity contribution in [2.24, 2.45) is 5.92 Å². The highest BCUT2D eigenvalue weighted by Crippen LogP contribution is 2.23. The van der Waals surface area contributed by atoms with Gasteiger partial charge in [-0.15, -0.1) is 0 Å². The number of unbranched alkanes of at least 4 members (excludes halogenated alkanes) is 2. The first kappa shape index (κ1) is 18.9. The van der Waals surface area contributed by atoms with Crippen LogP contribution in [0.25, 0.3) is 0 Å². The van der Waals surface area contributed by atoms with E-state index in [9.17, 15) is 10.2 Å². The Morgan fingerprint density at radius 3 is 1.68 bits per heavy atom. The van der Waals surface area contributed by atoms with E-state index in [1.54, 1.807) is 0 Å². The molecule has 116 valence electrons. The second kappa shape index (κ2) is 12.9. The second-order valence-corrected chi connectivity index (χ2v) is 6.03. The number of rotatable bonds is 13. The number of hydrogen-bond donors (Lipinski definition) is 2. The summed E-state index contributed by atoms with van der Waals surface area (Å²) in [5, 5.41) is 19.6. The van der Waals surface area contributed by atoms with E-state index in [1.165, 1.54) is 38.5 Å². The van der Waals surface area contributed by atoms with Gasteiger partial charge in [-0.1, -0.05) is 59.3 Å². The van der Waals surface area contributed by atoms with Crippen molar-refractivity contribution >= 4 is 0 Å². The van der Waals surface area contributed by atoms with Crippen molar-refractivity contribution in [1.82, 2.24) is 0 Å². The molecular weight excluding hydrogens is 236 g/mol. The molecule has 0 heterocycles. The SMILES string of the molecule is CCCCC(CCCC)CC(O)CCCC(O)CC. The van der Waals surface area contributed by atoms with Gasteiger partial charge in [0.25, 0.3) is 0 Å². The first-order valence-electron chi connectivity index (χ1n) is 8.50. The summed E-state index contributed by atoms with van der Waals surface area (Å²) in [7, 11) is 0. The highest BCUT2D eigenvalue weighted by Gasteiger charge is 2.14. The standard InChI is InChI=1S/C17H36O2/c1-4-7-10-15(11-8-5-2)14-17(19)13-9-12-16(18)6-3/h15-19H,4-14H2,1-3H3. The Kier molecular flexibility index (Phi) is 12.9. The third kappa shape index (κ3) is 11.4. The fourth-order valence-electron chi connectivity index (χ4n) is 2.66. The molecule has 2 unspecified atom stereocenters. The Morgan fingerprint density at radius 2 is 1.21 bits per heavy atom. The van der Waals surface area contributed by atoms with Crippen molar-refractivity contribution < 1.29 is 10.2 Å². The highest BCUT2D eigenvalue weighted by atomic mass is 16.3. The first-order valence-corrected chi connectivity index (χ1v) is 8.50. The lowest BCUT2D eigenvalue weighted by Crippen LogP contribution is -2.15. The predicted octanol–water partition coefficient (Wildman–Crippen LogP) is 4.68. The number of hydrogen-bond acceptors (Lipinski definition) is 2. The molecule has 2 heteroatoms. The molecule has 0 aromatic carbocycles. The van der Waals surface area contributed by atoms with E-state index in [-0.39, 0.29) is 12.2 Å². The van der Waals surface area contributed by atoms with E-state index < -0.39 is 0 Å². The van der Waals surface area contributed by atoms with Crippen molar-refractivity contribution in [2.75, 3.05) is 0 Å². The zero-order valence-electron chi connectivity index (χ0n) is 13.4. The fourth-order valence-corrected chi connectivity index (χ4v) is 2.66. The summed E-state index contributed by atoms with van der Waals surface area (Å²) in [6, 6.07) is 0. The van der Waals surface area contributed by atoms with Gasteiger partial charge in [-0.05, 0) is 38.0 Å². The first-order chi connectivity index (χ1) is 9.13. The normalized spacial score (nSPS) is 14.8. The van der Waals surface area contributed by atoms with Crippen molar-refractivity contribution in [3.05, 3.63) is 0 Å². The summed E-state index contributed by atoms with van der Waals surface area (Å²) in [6.07, 6.45) is 11.7. The summed E-state index contributed by atoms with van der Waals surface area (Å²) >= 11 is 0. The lowest BCUT2D eigenvalue weighted by atomic mass is 9.89. The van der Waals surface area contributed by atoms with Gasteiger partial charge in [0, 0.05) is 0 Å². The van der Waals surface area contributed by atoms with E-state index in [0.717, 1.165) is 32.1 Å². The van der Waals surface area contributed by atoms with Crippen LogP contribution in [0.2, 0.25) is 0 Å². The van der Waals surface area contributed by atoms with Crippen molar-refractivity contribution in [1.29, 1.82) is 0 Å². The maximum absolute atomic E-state index is 10.1. The molecule has 2 N–H and O–H groups in total. The largest absolute Gasteiger partial charge is 0.393 e. The maximum Gasteiger partial charge on any atom is 0.0543 e. The van der Waals surface area contributed by atoms with Crippen LogP contribution in [-0.4, -0.2) is 22.4 Å². The molecule has 0 aromatic heterocycles. The van der Waals surface area contributed by atoms with Gasteiger partial charge in [-0.25, -0.2) is 0 Å². The Morgan fingerprint density at radius 1 is 0.684 bits per heavy atom.